The maximum atomic E-state index is 12.4. The van der Waals surface area contributed by atoms with Gasteiger partial charge in [0.1, 0.15) is 0 Å². The first-order valence-electron chi connectivity index (χ1n) is 8.25. The Hall–Kier alpha value is -2.14. The topological polar surface area (TPSA) is 40.6 Å². The highest BCUT2D eigenvalue weighted by molar-refractivity contribution is 7.10. The molecule has 2 heterocycles. The number of thiophene rings is 1. The van der Waals surface area contributed by atoms with Crippen molar-refractivity contribution in [3.63, 3.8) is 0 Å². The van der Waals surface area contributed by atoms with Crippen LogP contribution < -0.4 is 0 Å². The van der Waals surface area contributed by atoms with Gasteiger partial charge in [0.25, 0.3) is 0 Å². The van der Waals surface area contributed by atoms with E-state index in [0.29, 0.717) is 39.0 Å². The molecule has 2 aromatic rings. The summed E-state index contributed by atoms with van der Waals surface area (Å²) in [5.74, 6) is 0.298. The van der Waals surface area contributed by atoms with Gasteiger partial charge in [0, 0.05) is 31.1 Å². The summed E-state index contributed by atoms with van der Waals surface area (Å²) in [6.07, 6.45) is 0.901. The molecule has 126 valence electrons. The lowest BCUT2D eigenvalue weighted by atomic mass is 10.1. The third kappa shape index (κ3) is 4.23. The lowest BCUT2D eigenvalue weighted by molar-refractivity contribution is -0.138. The monoisotopic (exact) mass is 342 g/mol. The summed E-state index contributed by atoms with van der Waals surface area (Å²) in [6, 6.07) is 12.0. The van der Waals surface area contributed by atoms with Gasteiger partial charge in [0.05, 0.1) is 12.8 Å². The number of amides is 2. The highest BCUT2D eigenvalue weighted by Crippen LogP contribution is 2.13. The summed E-state index contributed by atoms with van der Waals surface area (Å²) in [5, 5.41) is 1.99. The highest BCUT2D eigenvalue weighted by atomic mass is 32.1. The molecule has 0 spiro atoms. The molecule has 0 saturated carbocycles. The minimum Gasteiger partial charge on any atom is -0.339 e. The van der Waals surface area contributed by atoms with E-state index in [9.17, 15) is 9.59 Å². The van der Waals surface area contributed by atoms with E-state index in [4.69, 9.17) is 0 Å². The number of rotatable bonds is 4. The lowest BCUT2D eigenvalue weighted by Crippen LogP contribution is -2.51. The molecular formula is C19H22N2O2S. The Morgan fingerprint density at radius 2 is 1.50 bits per heavy atom. The smallest absolute Gasteiger partial charge is 0.227 e. The molecule has 1 saturated heterocycles. The number of benzene rings is 1. The van der Waals surface area contributed by atoms with Crippen molar-refractivity contribution >= 4 is 23.2 Å². The SMILES string of the molecule is Cc1ccc(CC(=O)N2CCN(C(=O)Cc3cccs3)CC2)cc1. The van der Waals surface area contributed by atoms with Crippen molar-refractivity contribution in [3.8, 4) is 0 Å². The fourth-order valence-electron chi connectivity index (χ4n) is 2.87. The largest absolute Gasteiger partial charge is 0.339 e. The zero-order valence-electron chi connectivity index (χ0n) is 13.9. The van der Waals surface area contributed by atoms with Crippen LogP contribution in [0.5, 0.6) is 0 Å². The number of hydrogen-bond acceptors (Lipinski definition) is 3. The van der Waals surface area contributed by atoms with Crippen LogP contribution in [0, 0.1) is 6.92 Å². The highest BCUT2D eigenvalue weighted by Gasteiger charge is 2.24. The van der Waals surface area contributed by atoms with Crippen molar-refractivity contribution in [2.75, 3.05) is 26.2 Å². The Kier molecular flexibility index (Phi) is 5.30. The molecule has 1 aliphatic rings. The average molecular weight is 342 g/mol. The third-order valence-electron chi connectivity index (χ3n) is 4.37. The molecule has 5 heteroatoms. The van der Waals surface area contributed by atoms with Crippen LogP contribution >= 0.6 is 11.3 Å². The van der Waals surface area contributed by atoms with E-state index in [-0.39, 0.29) is 11.8 Å². The van der Waals surface area contributed by atoms with E-state index in [1.54, 1.807) is 11.3 Å². The van der Waals surface area contributed by atoms with E-state index in [2.05, 4.69) is 0 Å². The van der Waals surface area contributed by atoms with Gasteiger partial charge in [-0.05, 0) is 23.9 Å². The normalized spacial score (nSPS) is 14.7. The summed E-state index contributed by atoms with van der Waals surface area (Å²) < 4.78 is 0. The van der Waals surface area contributed by atoms with Gasteiger partial charge in [-0.25, -0.2) is 0 Å². The number of hydrogen-bond donors (Lipinski definition) is 0. The first kappa shape index (κ1) is 16.7. The van der Waals surface area contributed by atoms with Crippen LogP contribution in [0.1, 0.15) is 16.0 Å². The summed E-state index contributed by atoms with van der Waals surface area (Å²) in [6.45, 7) is 4.55. The molecule has 0 radical (unpaired) electrons. The van der Waals surface area contributed by atoms with E-state index < -0.39 is 0 Å². The number of carbonyl (C=O) groups is 2. The quantitative estimate of drug-likeness (QED) is 0.857. The van der Waals surface area contributed by atoms with Crippen LogP contribution in [-0.2, 0) is 22.4 Å². The van der Waals surface area contributed by atoms with E-state index in [0.717, 1.165) is 10.4 Å². The summed E-state index contributed by atoms with van der Waals surface area (Å²) in [5.41, 5.74) is 2.24. The number of aryl methyl sites for hydroxylation is 1. The molecule has 1 aliphatic heterocycles. The van der Waals surface area contributed by atoms with Crippen molar-refractivity contribution < 1.29 is 9.59 Å². The maximum absolute atomic E-state index is 12.4. The lowest BCUT2D eigenvalue weighted by Gasteiger charge is -2.35. The van der Waals surface area contributed by atoms with Crippen molar-refractivity contribution in [2.24, 2.45) is 0 Å². The van der Waals surface area contributed by atoms with E-state index in [1.807, 2.05) is 58.5 Å². The molecule has 1 fully saturated rings. The minimum atomic E-state index is 0.143. The second-order valence-corrected chi connectivity index (χ2v) is 7.21. The minimum absolute atomic E-state index is 0.143. The van der Waals surface area contributed by atoms with Crippen LogP contribution in [0.25, 0.3) is 0 Å². The summed E-state index contributed by atoms with van der Waals surface area (Å²) >= 11 is 1.61. The van der Waals surface area contributed by atoms with Crippen molar-refractivity contribution in [1.82, 2.24) is 9.80 Å². The third-order valence-corrected chi connectivity index (χ3v) is 5.24. The van der Waals surface area contributed by atoms with Crippen molar-refractivity contribution in [3.05, 3.63) is 57.8 Å². The standard InChI is InChI=1S/C19H22N2O2S/c1-15-4-6-16(7-5-15)13-18(22)20-8-10-21(11-9-20)19(23)14-17-3-2-12-24-17/h2-7,12H,8-11,13-14H2,1H3. The molecule has 1 aromatic heterocycles. The van der Waals surface area contributed by atoms with Crippen LogP contribution in [0.4, 0.5) is 0 Å². The van der Waals surface area contributed by atoms with Gasteiger partial charge in [0.15, 0.2) is 0 Å². The molecule has 0 unspecified atom stereocenters. The number of nitrogens with zero attached hydrogens (tertiary/aromatic N) is 2. The zero-order chi connectivity index (χ0) is 16.9. The van der Waals surface area contributed by atoms with Gasteiger partial charge in [-0.15, -0.1) is 11.3 Å². The summed E-state index contributed by atoms with van der Waals surface area (Å²) in [4.78, 5) is 29.5. The zero-order valence-corrected chi connectivity index (χ0v) is 14.7. The van der Waals surface area contributed by atoms with Gasteiger partial charge < -0.3 is 9.80 Å². The van der Waals surface area contributed by atoms with Crippen molar-refractivity contribution in [1.29, 1.82) is 0 Å². The second kappa shape index (κ2) is 7.62. The summed E-state index contributed by atoms with van der Waals surface area (Å²) in [7, 11) is 0. The van der Waals surface area contributed by atoms with Gasteiger partial charge in [-0.1, -0.05) is 35.9 Å². The molecule has 1 aromatic carbocycles. The second-order valence-electron chi connectivity index (χ2n) is 6.18. The number of carbonyl (C=O) groups excluding carboxylic acids is 2. The fraction of sp³-hybridized carbons (Fsp3) is 0.368. The first-order chi connectivity index (χ1) is 11.6. The van der Waals surface area contributed by atoms with Crippen molar-refractivity contribution in [2.45, 2.75) is 19.8 Å². The van der Waals surface area contributed by atoms with Crippen LogP contribution in [-0.4, -0.2) is 47.8 Å². The average Bonchev–Trinajstić information content (AvgIpc) is 3.10. The molecule has 0 N–H and O–H groups in total. The Bertz CT molecular complexity index is 687. The van der Waals surface area contributed by atoms with Gasteiger partial charge >= 0.3 is 0 Å². The van der Waals surface area contributed by atoms with E-state index >= 15 is 0 Å². The van der Waals surface area contributed by atoms with Crippen LogP contribution in [0.2, 0.25) is 0 Å². The van der Waals surface area contributed by atoms with Gasteiger partial charge in [-0.3, -0.25) is 9.59 Å². The molecule has 24 heavy (non-hydrogen) atoms. The molecular weight excluding hydrogens is 320 g/mol. The molecule has 0 bridgehead atoms. The van der Waals surface area contributed by atoms with Gasteiger partial charge in [-0.2, -0.15) is 0 Å². The Morgan fingerprint density at radius 3 is 2.04 bits per heavy atom. The fourth-order valence-corrected chi connectivity index (χ4v) is 3.57. The number of piperazine rings is 1. The predicted molar refractivity (Wildman–Crippen MR) is 96.1 cm³/mol. The Labute approximate surface area is 146 Å². The Morgan fingerprint density at radius 1 is 0.917 bits per heavy atom. The van der Waals surface area contributed by atoms with Crippen LogP contribution in [0.15, 0.2) is 41.8 Å². The molecule has 3 rings (SSSR count). The van der Waals surface area contributed by atoms with Gasteiger partial charge in [0.2, 0.25) is 11.8 Å². The van der Waals surface area contributed by atoms with E-state index in [1.165, 1.54) is 5.56 Å². The van der Waals surface area contributed by atoms with Crippen LogP contribution in [0.3, 0.4) is 0 Å². The molecule has 2 amide bonds. The predicted octanol–water partition coefficient (Wildman–Crippen LogP) is 2.51. The molecule has 4 nitrogen and oxygen atoms in total. The first-order valence-corrected chi connectivity index (χ1v) is 9.13. The molecule has 0 atom stereocenters. The Balaban J connectivity index is 1.48. The maximum Gasteiger partial charge on any atom is 0.227 e. The molecule has 0 aliphatic carbocycles.